The largest absolute Gasteiger partial charge is 0.313 e. The zero-order chi connectivity index (χ0) is 14.1. The second kappa shape index (κ2) is 9.38. The average molecular weight is 283 g/mol. The summed E-state index contributed by atoms with van der Waals surface area (Å²) in [6.45, 7) is 7.78. The van der Waals surface area contributed by atoms with Crippen molar-refractivity contribution in [3.05, 3.63) is 30.1 Å². The Bertz CT molecular complexity index is 356. The van der Waals surface area contributed by atoms with E-state index in [1.54, 1.807) is 23.9 Å². The van der Waals surface area contributed by atoms with Gasteiger partial charge in [-0.25, -0.2) is 4.39 Å². The van der Waals surface area contributed by atoms with Gasteiger partial charge in [-0.15, -0.1) is 11.8 Å². The van der Waals surface area contributed by atoms with Crippen LogP contribution < -0.4 is 5.32 Å². The third-order valence-corrected chi connectivity index (χ3v) is 4.43. The van der Waals surface area contributed by atoms with Gasteiger partial charge < -0.3 is 5.32 Å². The summed E-state index contributed by atoms with van der Waals surface area (Å²) in [4.78, 5) is 1.02. The molecular formula is C16H26FNS. The summed E-state index contributed by atoms with van der Waals surface area (Å²) in [7, 11) is 0. The fourth-order valence-electron chi connectivity index (χ4n) is 2.15. The normalized spacial score (nSPS) is 14.3. The maximum atomic E-state index is 13.1. The SMILES string of the molecule is CCCNC(CSc1cccc(F)c1)C(C)CCC. The summed E-state index contributed by atoms with van der Waals surface area (Å²) in [5.41, 5.74) is 0. The molecule has 2 atom stereocenters. The lowest BCUT2D eigenvalue weighted by atomic mass is 9.98. The summed E-state index contributed by atoms with van der Waals surface area (Å²) in [5.74, 6) is 1.52. The predicted octanol–water partition coefficient (Wildman–Crippen LogP) is 4.72. The number of nitrogens with one attached hydrogen (secondary N) is 1. The van der Waals surface area contributed by atoms with E-state index in [4.69, 9.17) is 0 Å². The van der Waals surface area contributed by atoms with Crippen molar-refractivity contribution in [3.63, 3.8) is 0 Å². The van der Waals surface area contributed by atoms with Crippen LogP contribution in [0.5, 0.6) is 0 Å². The summed E-state index contributed by atoms with van der Waals surface area (Å²) in [6.07, 6.45) is 3.61. The summed E-state index contributed by atoms with van der Waals surface area (Å²) in [5, 5.41) is 3.62. The van der Waals surface area contributed by atoms with Gasteiger partial charge in [-0.2, -0.15) is 0 Å². The third-order valence-electron chi connectivity index (χ3n) is 3.31. The van der Waals surface area contributed by atoms with Gasteiger partial charge in [0.15, 0.2) is 0 Å². The second-order valence-corrected chi connectivity index (χ2v) is 6.19. The van der Waals surface area contributed by atoms with Gasteiger partial charge in [-0.05, 0) is 43.5 Å². The highest BCUT2D eigenvalue weighted by molar-refractivity contribution is 7.99. The van der Waals surface area contributed by atoms with Crippen LogP contribution in [0.15, 0.2) is 29.2 Å². The fourth-order valence-corrected chi connectivity index (χ4v) is 3.34. The Hall–Kier alpha value is -0.540. The van der Waals surface area contributed by atoms with Crippen molar-refractivity contribution in [1.29, 1.82) is 0 Å². The molecule has 0 aliphatic rings. The summed E-state index contributed by atoms with van der Waals surface area (Å²) < 4.78 is 13.1. The lowest BCUT2D eigenvalue weighted by molar-refractivity contribution is 0.382. The Morgan fingerprint density at radius 2 is 2.05 bits per heavy atom. The molecule has 0 aliphatic heterocycles. The van der Waals surface area contributed by atoms with Gasteiger partial charge in [-0.3, -0.25) is 0 Å². The van der Waals surface area contributed by atoms with Crippen LogP contribution in [0.4, 0.5) is 4.39 Å². The lowest BCUT2D eigenvalue weighted by Gasteiger charge is -2.24. The van der Waals surface area contributed by atoms with E-state index in [-0.39, 0.29) is 5.82 Å². The molecule has 19 heavy (non-hydrogen) atoms. The maximum absolute atomic E-state index is 13.1. The van der Waals surface area contributed by atoms with E-state index in [0.29, 0.717) is 12.0 Å². The van der Waals surface area contributed by atoms with Crippen LogP contribution in [0.3, 0.4) is 0 Å². The molecule has 0 amide bonds. The Labute approximate surface area is 121 Å². The Morgan fingerprint density at radius 3 is 2.68 bits per heavy atom. The van der Waals surface area contributed by atoms with Crippen molar-refractivity contribution in [1.82, 2.24) is 5.32 Å². The molecule has 0 fully saturated rings. The molecule has 1 aromatic carbocycles. The number of hydrogen-bond donors (Lipinski definition) is 1. The zero-order valence-corrected chi connectivity index (χ0v) is 13.1. The number of rotatable bonds is 9. The Morgan fingerprint density at radius 1 is 1.26 bits per heavy atom. The Balaban J connectivity index is 2.51. The van der Waals surface area contributed by atoms with Crippen LogP contribution in [0.25, 0.3) is 0 Å². The first kappa shape index (κ1) is 16.5. The fraction of sp³-hybridized carbons (Fsp3) is 0.625. The van der Waals surface area contributed by atoms with Crippen LogP contribution in [-0.2, 0) is 0 Å². The molecule has 0 spiro atoms. The first-order valence-electron chi connectivity index (χ1n) is 7.29. The van der Waals surface area contributed by atoms with Gasteiger partial charge in [0.05, 0.1) is 0 Å². The van der Waals surface area contributed by atoms with E-state index in [0.717, 1.165) is 23.6 Å². The topological polar surface area (TPSA) is 12.0 Å². The molecule has 0 saturated heterocycles. The smallest absolute Gasteiger partial charge is 0.124 e. The van der Waals surface area contributed by atoms with E-state index in [1.807, 2.05) is 6.07 Å². The van der Waals surface area contributed by atoms with E-state index in [2.05, 4.69) is 26.1 Å². The monoisotopic (exact) mass is 283 g/mol. The molecule has 0 aliphatic carbocycles. The molecule has 2 unspecified atom stereocenters. The van der Waals surface area contributed by atoms with E-state index < -0.39 is 0 Å². The Kier molecular flexibility index (Phi) is 8.15. The number of hydrogen-bond acceptors (Lipinski definition) is 2. The second-order valence-electron chi connectivity index (χ2n) is 5.09. The van der Waals surface area contributed by atoms with Crippen LogP contribution in [0, 0.1) is 11.7 Å². The molecule has 0 bridgehead atoms. The molecule has 1 aromatic rings. The predicted molar refractivity (Wildman–Crippen MR) is 83.3 cm³/mol. The highest BCUT2D eigenvalue weighted by Crippen LogP contribution is 2.23. The van der Waals surface area contributed by atoms with Crippen molar-refractivity contribution in [2.75, 3.05) is 12.3 Å². The van der Waals surface area contributed by atoms with Gasteiger partial charge in [0.1, 0.15) is 5.82 Å². The minimum atomic E-state index is -0.148. The van der Waals surface area contributed by atoms with Gasteiger partial charge in [-0.1, -0.05) is 33.3 Å². The minimum Gasteiger partial charge on any atom is -0.313 e. The van der Waals surface area contributed by atoms with E-state index in [9.17, 15) is 4.39 Å². The van der Waals surface area contributed by atoms with Crippen molar-refractivity contribution in [3.8, 4) is 0 Å². The lowest BCUT2D eigenvalue weighted by Crippen LogP contribution is -2.37. The van der Waals surface area contributed by atoms with Crippen LogP contribution >= 0.6 is 11.8 Å². The highest BCUT2D eigenvalue weighted by atomic mass is 32.2. The van der Waals surface area contributed by atoms with E-state index in [1.165, 1.54) is 18.9 Å². The molecule has 3 heteroatoms. The highest BCUT2D eigenvalue weighted by Gasteiger charge is 2.16. The molecule has 0 heterocycles. The maximum Gasteiger partial charge on any atom is 0.124 e. The van der Waals surface area contributed by atoms with Crippen molar-refractivity contribution in [2.45, 2.75) is 51.0 Å². The van der Waals surface area contributed by atoms with Gasteiger partial charge in [0, 0.05) is 16.7 Å². The van der Waals surface area contributed by atoms with Crippen molar-refractivity contribution < 1.29 is 4.39 Å². The molecule has 1 rings (SSSR count). The van der Waals surface area contributed by atoms with Crippen LogP contribution in [0.1, 0.15) is 40.0 Å². The standard InChI is InChI=1S/C16H26FNS/c1-4-7-13(3)16(18-10-5-2)12-19-15-9-6-8-14(17)11-15/h6,8-9,11,13,16,18H,4-5,7,10,12H2,1-3H3. The van der Waals surface area contributed by atoms with Gasteiger partial charge in [0.25, 0.3) is 0 Å². The first-order valence-corrected chi connectivity index (χ1v) is 8.27. The molecule has 0 aromatic heterocycles. The molecule has 1 nitrogen and oxygen atoms in total. The van der Waals surface area contributed by atoms with E-state index >= 15 is 0 Å². The third kappa shape index (κ3) is 6.44. The number of halogens is 1. The molecule has 108 valence electrons. The summed E-state index contributed by atoms with van der Waals surface area (Å²) in [6, 6.07) is 7.38. The average Bonchev–Trinajstić information content (AvgIpc) is 2.39. The number of benzene rings is 1. The molecule has 1 N–H and O–H groups in total. The van der Waals surface area contributed by atoms with Gasteiger partial charge in [0.2, 0.25) is 0 Å². The molecule has 0 radical (unpaired) electrons. The van der Waals surface area contributed by atoms with Crippen molar-refractivity contribution in [2.24, 2.45) is 5.92 Å². The molecule has 0 saturated carbocycles. The van der Waals surface area contributed by atoms with Gasteiger partial charge >= 0.3 is 0 Å². The molecular weight excluding hydrogens is 257 g/mol. The first-order chi connectivity index (χ1) is 9.17. The summed E-state index contributed by atoms with van der Waals surface area (Å²) >= 11 is 1.74. The number of thioether (sulfide) groups is 1. The van der Waals surface area contributed by atoms with Crippen LogP contribution in [-0.4, -0.2) is 18.3 Å². The zero-order valence-electron chi connectivity index (χ0n) is 12.3. The van der Waals surface area contributed by atoms with Crippen molar-refractivity contribution >= 4 is 11.8 Å². The minimum absolute atomic E-state index is 0.148. The quantitative estimate of drug-likeness (QED) is 0.658. The van der Waals surface area contributed by atoms with Crippen LogP contribution in [0.2, 0.25) is 0 Å².